The second-order valence-corrected chi connectivity index (χ2v) is 9.96. The smallest absolute Gasteiger partial charge is 0.254 e. The van der Waals surface area contributed by atoms with Crippen molar-refractivity contribution in [2.24, 2.45) is 0 Å². The zero-order valence-corrected chi connectivity index (χ0v) is 19.9. The van der Waals surface area contributed by atoms with E-state index < -0.39 is 6.10 Å². The Morgan fingerprint density at radius 1 is 0.971 bits per heavy atom. The highest BCUT2D eigenvalue weighted by molar-refractivity contribution is 5.98. The van der Waals surface area contributed by atoms with Crippen molar-refractivity contribution in [3.63, 3.8) is 0 Å². The van der Waals surface area contributed by atoms with Crippen molar-refractivity contribution >= 4 is 16.9 Å². The third-order valence-corrected chi connectivity index (χ3v) is 7.56. The molecule has 6 heteroatoms. The fraction of sp³-hybridized carbons (Fsp3) is 0.310. The summed E-state index contributed by atoms with van der Waals surface area (Å²) in [5.74, 6) is 0.617. The van der Waals surface area contributed by atoms with Gasteiger partial charge in [-0.3, -0.25) is 4.79 Å². The van der Waals surface area contributed by atoms with E-state index in [1.54, 1.807) is 4.90 Å². The molecule has 35 heavy (non-hydrogen) atoms. The average Bonchev–Trinajstić information content (AvgIpc) is 3.30. The summed E-state index contributed by atoms with van der Waals surface area (Å²) in [6.07, 6.45) is 5.96. The van der Waals surface area contributed by atoms with Crippen LogP contribution in [0.2, 0.25) is 0 Å². The molecule has 0 atom stereocenters. The van der Waals surface area contributed by atoms with Crippen molar-refractivity contribution in [3.05, 3.63) is 78.1 Å². The van der Waals surface area contributed by atoms with Gasteiger partial charge in [-0.2, -0.15) is 0 Å². The van der Waals surface area contributed by atoms with Gasteiger partial charge in [-0.05, 0) is 73.8 Å². The van der Waals surface area contributed by atoms with Gasteiger partial charge in [0, 0.05) is 47.6 Å². The molecule has 2 N–H and O–H groups in total. The number of aromatic nitrogens is 2. The number of aliphatic hydroxyl groups is 1. The van der Waals surface area contributed by atoms with Crippen molar-refractivity contribution in [2.75, 3.05) is 33.2 Å². The Morgan fingerprint density at radius 2 is 1.66 bits per heavy atom. The molecule has 178 valence electrons. The lowest BCUT2D eigenvalue weighted by atomic mass is 9.89. The lowest BCUT2D eigenvalue weighted by molar-refractivity contribution is 0.00590. The highest BCUT2D eigenvalue weighted by atomic mass is 16.3. The zero-order chi connectivity index (χ0) is 23.9. The number of nitrogens with one attached hydrogen (secondary N) is 1. The molecule has 4 aromatic rings. The Bertz CT molecular complexity index is 1350. The number of benzene rings is 2. The van der Waals surface area contributed by atoms with Gasteiger partial charge in [0.05, 0.1) is 6.10 Å². The molecule has 0 saturated carbocycles. The van der Waals surface area contributed by atoms with Crippen molar-refractivity contribution < 1.29 is 9.90 Å². The normalized spacial score (nSPS) is 17.6. The number of carbonyl (C=O) groups is 1. The summed E-state index contributed by atoms with van der Waals surface area (Å²) < 4.78 is 0. The van der Waals surface area contributed by atoms with E-state index in [4.69, 9.17) is 0 Å². The first-order valence-corrected chi connectivity index (χ1v) is 12.4. The Labute approximate surface area is 205 Å². The Kier molecular flexibility index (Phi) is 5.63. The van der Waals surface area contributed by atoms with Crippen LogP contribution in [0.15, 0.2) is 67.0 Å². The van der Waals surface area contributed by atoms with Crippen molar-refractivity contribution in [1.82, 2.24) is 19.8 Å². The molecule has 0 radical (unpaired) electrons. The van der Waals surface area contributed by atoms with Gasteiger partial charge in [-0.1, -0.05) is 36.4 Å². The van der Waals surface area contributed by atoms with Gasteiger partial charge in [0.25, 0.3) is 5.91 Å². The van der Waals surface area contributed by atoms with E-state index in [0.29, 0.717) is 24.6 Å². The van der Waals surface area contributed by atoms with E-state index in [0.717, 1.165) is 27.7 Å². The number of fused-ring (bicyclic) bond motifs is 1. The van der Waals surface area contributed by atoms with Crippen LogP contribution in [0, 0.1) is 0 Å². The van der Waals surface area contributed by atoms with Crippen LogP contribution in [-0.2, 0) is 0 Å². The molecule has 0 bridgehead atoms. The number of H-pyrrole nitrogens is 1. The first kappa shape index (κ1) is 22.0. The number of carbonyl (C=O) groups excluding carboxylic acids is 1. The molecule has 2 aliphatic rings. The molecule has 0 spiro atoms. The number of aromatic amines is 1. The van der Waals surface area contributed by atoms with Crippen LogP contribution in [-0.4, -0.2) is 70.1 Å². The third kappa shape index (κ3) is 4.24. The fourth-order valence-corrected chi connectivity index (χ4v) is 5.29. The van der Waals surface area contributed by atoms with Gasteiger partial charge >= 0.3 is 0 Å². The van der Waals surface area contributed by atoms with Crippen molar-refractivity contribution in [3.8, 4) is 22.3 Å². The van der Waals surface area contributed by atoms with E-state index in [-0.39, 0.29) is 5.91 Å². The number of pyridine rings is 1. The highest BCUT2D eigenvalue weighted by Gasteiger charge is 2.29. The SMILES string of the molecule is CN1CCC(c2ccc(-c3cnc4[nH]cc(-c5ccc(C(=O)N6CC(O)C6)cc5)c4c3)cc2)CC1. The second-order valence-electron chi connectivity index (χ2n) is 9.96. The molecule has 2 aromatic heterocycles. The van der Waals surface area contributed by atoms with Gasteiger partial charge in [0.15, 0.2) is 0 Å². The minimum atomic E-state index is -0.392. The molecule has 1 amide bonds. The van der Waals surface area contributed by atoms with E-state index in [2.05, 4.69) is 52.2 Å². The molecule has 4 heterocycles. The molecule has 6 nitrogen and oxygen atoms in total. The van der Waals surface area contributed by atoms with Crippen molar-refractivity contribution in [1.29, 1.82) is 0 Å². The van der Waals surface area contributed by atoms with E-state index in [1.165, 1.54) is 37.1 Å². The van der Waals surface area contributed by atoms with Gasteiger partial charge in [-0.25, -0.2) is 4.98 Å². The second kappa shape index (κ2) is 8.95. The lowest BCUT2D eigenvalue weighted by Crippen LogP contribution is -2.53. The summed E-state index contributed by atoms with van der Waals surface area (Å²) in [5.41, 5.74) is 7.28. The maximum absolute atomic E-state index is 12.5. The Hall–Kier alpha value is -3.48. The maximum atomic E-state index is 12.5. The van der Waals surface area contributed by atoms with Gasteiger partial charge < -0.3 is 19.9 Å². The number of piperidine rings is 1. The predicted octanol–water partition coefficient (Wildman–Crippen LogP) is 4.52. The number of hydrogen-bond donors (Lipinski definition) is 2. The molecule has 2 aromatic carbocycles. The topological polar surface area (TPSA) is 72.5 Å². The van der Waals surface area contributed by atoms with E-state index in [1.807, 2.05) is 36.7 Å². The summed E-state index contributed by atoms with van der Waals surface area (Å²) in [4.78, 5) is 24.5. The summed E-state index contributed by atoms with van der Waals surface area (Å²) in [7, 11) is 2.20. The predicted molar refractivity (Wildman–Crippen MR) is 138 cm³/mol. The summed E-state index contributed by atoms with van der Waals surface area (Å²) in [6, 6.07) is 18.9. The largest absolute Gasteiger partial charge is 0.389 e. The van der Waals surface area contributed by atoms with E-state index in [9.17, 15) is 9.90 Å². The standard InChI is InChI=1S/C29H30N4O2/c1-32-12-10-21(11-13-32)19-2-4-20(5-3-19)24-14-26-27(16-31-28(26)30-15-24)22-6-8-23(9-7-22)29(35)33-17-25(34)18-33/h2-9,14-16,21,25,34H,10-13,17-18H2,1H3,(H,30,31). The highest BCUT2D eigenvalue weighted by Crippen LogP contribution is 2.33. The van der Waals surface area contributed by atoms with Crippen molar-refractivity contribution in [2.45, 2.75) is 24.9 Å². The summed E-state index contributed by atoms with van der Waals surface area (Å²) in [6.45, 7) is 3.16. The van der Waals surface area contributed by atoms with Crippen LogP contribution in [0.4, 0.5) is 0 Å². The van der Waals surface area contributed by atoms with Gasteiger partial charge in [0.2, 0.25) is 0 Å². The summed E-state index contributed by atoms with van der Waals surface area (Å²) in [5, 5.41) is 10.5. The Balaban J connectivity index is 1.24. The number of amides is 1. The van der Waals surface area contributed by atoms with Crippen LogP contribution >= 0.6 is 0 Å². The van der Waals surface area contributed by atoms with Crippen LogP contribution in [0.1, 0.15) is 34.7 Å². The third-order valence-electron chi connectivity index (χ3n) is 7.56. The molecule has 0 unspecified atom stereocenters. The number of aliphatic hydroxyl groups excluding tert-OH is 1. The van der Waals surface area contributed by atoms with Crippen LogP contribution in [0.5, 0.6) is 0 Å². The zero-order valence-electron chi connectivity index (χ0n) is 19.9. The average molecular weight is 467 g/mol. The van der Waals surface area contributed by atoms with E-state index >= 15 is 0 Å². The number of β-amino-alcohol motifs (C(OH)–C–C–N with tert-alkyl or cyclic N) is 1. The fourth-order valence-electron chi connectivity index (χ4n) is 5.29. The van der Waals surface area contributed by atoms with Gasteiger partial charge in [0.1, 0.15) is 5.65 Å². The maximum Gasteiger partial charge on any atom is 0.254 e. The number of rotatable bonds is 4. The van der Waals surface area contributed by atoms with Crippen LogP contribution < -0.4 is 0 Å². The molecular weight excluding hydrogens is 436 g/mol. The quantitative estimate of drug-likeness (QED) is 0.464. The number of hydrogen-bond acceptors (Lipinski definition) is 4. The molecule has 6 rings (SSSR count). The first-order chi connectivity index (χ1) is 17.0. The van der Waals surface area contributed by atoms with Gasteiger partial charge in [-0.15, -0.1) is 0 Å². The summed E-state index contributed by atoms with van der Waals surface area (Å²) >= 11 is 0. The van der Waals surface area contributed by atoms with Crippen LogP contribution in [0.3, 0.4) is 0 Å². The molecule has 2 fully saturated rings. The molecule has 2 saturated heterocycles. The number of likely N-dealkylation sites (tertiary alicyclic amines) is 2. The van der Waals surface area contributed by atoms with Crippen LogP contribution in [0.25, 0.3) is 33.3 Å². The minimum Gasteiger partial charge on any atom is -0.389 e. The first-order valence-electron chi connectivity index (χ1n) is 12.4. The minimum absolute atomic E-state index is 0.0339. The monoisotopic (exact) mass is 466 g/mol. The molecule has 0 aliphatic carbocycles. The number of nitrogens with zero attached hydrogens (tertiary/aromatic N) is 3. The lowest BCUT2D eigenvalue weighted by Gasteiger charge is -2.35. The Morgan fingerprint density at radius 3 is 2.34 bits per heavy atom. The molecular formula is C29H30N4O2. The molecule has 2 aliphatic heterocycles.